The van der Waals surface area contributed by atoms with Gasteiger partial charge < -0.3 is 49.6 Å². The maximum absolute atomic E-state index is 12.5. The molecule has 0 aliphatic carbocycles. The number of aliphatic hydroxyl groups excluding tert-OH is 4. The first-order valence-corrected chi connectivity index (χ1v) is 9.50. The summed E-state index contributed by atoms with van der Waals surface area (Å²) in [6.07, 6.45) is -7.61. The van der Waals surface area contributed by atoms with Crippen LogP contribution in [0, 0.1) is 0 Å². The summed E-state index contributed by atoms with van der Waals surface area (Å²) in [7, 11) is 0. The molecule has 1 saturated heterocycles. The number of phenolic OH excluding ortho intramolecular Hbond substituents is 3. The minimum Gasteiger partial charge on any atom is -0.507 e. The van der Waals surface area contributed by atoms with Crippen molar-refractivity contribution in [3.63, 3.8) is 0 Å². The number of fused-ring (bicyclic) bond motifs is 1. The van der Waals surface area contributed by atoms with Gasteiger partial charge in [0, 0.05) is 23.8 Å². The lowest BCUT2D eigenvalue weighted by Crippen LogP contribution is -2.60. The second kappa shape index (κ2) is 8.30. The van der Waals surface area contributed by atoms with Crippen molar-refractivity contribution in [2.75, 3.05) is 6.61 Å². The van der Waals surface area contributed by atoms with Gasteiger partial charge in [0.1, 0.15) is 52.6 Å². The van der Waals surface area contributed by atoms with E-state index in [4.69, 9.17) is 13.9 Å². The van der Waals surface area contributed by atoms with Crippen molar-refractivity contribution in [2.24, 2.45) is 0 Å². The van der Waals surface area contributed by atoms with Crippen LogP contribution in [0.5, 0.6) is 23.0 Å². The highest BCUT2D eigenvalue weighted by molar-refractivity contribution is 5.86. The second-order valence-electron chi connectivity index (χ2n) is 7.31. The standard InChI is InChI=1S/C21H20O11/c22-7-16-18(27)19(28)20(29)21(32-16)30-9-4-12(25)17-13(26)6-14(31-15(17)5-9)8-1-2-10(23)11(24)3-8/h1-6,16,18-25,27-29H,7H2/t16-,18-,19-,20+,21-/m1/s1. The fourth-order valence-electron chi connectivity index (χ4n) is 3.43. The molecule has 1 aliphatic rings. The zero-order valence-corrected chi connectivity index (χ0v) is 16.3. The molecule has 2 aromatic carbocycles. The number of aromatic hydroxyl groups is 3. The highest BCUT2D eigenvalue weighted by atomic mass is 16.7. The Balaban J connectivity index is 1.72. The van der Waals surface area contributed by atoms with Crippen LogP contribution in [0.15, 0.2) is 45.6 Å². The van der Waals surface area contributed by atoms with Gasteiger partial charge in [-0.05, 0) is 18.2 Å². The van der Waals surface area contributed by atoms with Gasteiger partial charge in [0.05, 0.1) is 6.61 Å². The number of hydrogen-bond acceptors (Lipinski definition) is 11. The van der Waals surface area contributed by atoms with Crippen LogP contribution in [-0.4, -0.2) is 73.1 Å². The van der Waals surface area contributed by atoms with E-state index in [0.717, 1.165) is 12.1 Å². The van der Waals surface area contributed by atoms with Gasteiger partial charge in [0.2, 0.25) is 6.29 Å². The highest BCUT2D eigenvalue weighted by Crippen LogP contribution is 2.35. The van der Waals surface area contributed by atoms with Gasteiger partial charge in [-0.2, -0.15) is 0 Å². The molecule has 0 unspecified atom stereocenters. The van der Waals surface area contributed by atoms with Crippen molar-refractivity contribution < 1.29 is 49.6 Å². The first kappa shape index (κ1) is 21.9. The Labute approximate surface area is 179 Å². The van der Waals surface area contributed by atoms with E-state index >= 15 is 0 Å². The maximum atomic E-state index is 12.5. The summed E-state index contributed by atoms with van der Waals surface area (Å²) in [6, 6.07) is 7.23. The molecule has 11 nitrogen and oxygen atoms in total. The van der Waals surface area contributed by atoms with Crippen LogP contribution in [0.1, 0.15) is 0 Å². The van der Waals surface area contributed by atoms with Crippen LogP contribution in [-0.2, 0) is 4.74 Å². The maximum Gasteiger partial charge on any atom is 0.229 e. The monoisotopic (exact) mass is 448 g/mol. The third-order valence-corrected chi connectivity index (χ3v) is 5.14. The summed E-state index contributed by atoms with van der Waals surface area (Å²) in [4.78, 5) is 12.5. The third-order valence-electron chi connectivity index (χ3n) is 5.14. The molecule has 2 heterocycles. The van der Waals surface area contributed by atoms with Crippen LogP contribution in [0.4, 0.5) is 0 Å². The summed E-state index contributed by atoms with van der Waals surface area (Å²) in [5, 5.41) is 68.5. The van der Waals surface area contributed by atoms with Crippen molar-refractivity contribution in [3.05, 3.63) is 46.6 Å². The molecule has 0 saturated carbocycles. The Bertz CT molecular complexity index is 1200. The number of aliphatic hydroxyl groups is 4. The molecule has 7 N–H and O–H groups in total. The first-order chi connectivity index (χ1) is 15.2. The van der Waals surface area contributed by atoms with Crippen molar-refractivity contribution in [2.45, 2.75) is 30.7 Å². The van der Waals surface area contributed by atoms with Gasteiger partial charge >= 0.3 is 0 Å². The molecule has 5 atom stereocenters. The SMILES string of the molecule is O=c1cc(-c2ccc(O)c(O)c2)oc2cc(O[C@@H]3O[C@H](CO)[C@@H](O)[C@@H](O)[C@@H]3O)cc(O)c12. The van der Waals surface area contributed by atoms with Crippen LogP contribution < -0.4 is 10.2 Å². The molecule has 0 amide bonds. The molecule has 11 heteroatoms. The van der Waals surface area contributed by atoms with Crippen molar-refractivity contribution in [1.29, 1.82) is 0 Å². The van der Waals surface area contributed by atoms with E-state index in [1.54, 1.807) is 0 Å². The molecule has 0 spiro atoms. The predicted molar refractivity (Wildman–Crippen MR) is 107 cm³/mol. The van der Waals surface area contributed by atoms with Gasteiger partial charge in [-0.15, -0.1) is 0 Å². The van der Waals surface area contributed by atoms with E-state index in [-0.39, 0.29) is 33.8 Å². The van der Waals surface area contributed by atoms with E-state index in [1.165, 1.54) is 24.3 Å². The van der Waals surface area contributed by atoms with Gasteiger partial charge in [-0.25, -0.2) is 0 Å². The lowest BCUT2D eigenvalue weighted by molar-refractivity contribution is -0.277. The second-order valence-corrected chi connectivity index (χ2v) is 7.31. The van der Waals surface area contributed by atoms with Gasteiger partial charge in [0.25, 0.3) is 0 Å². The van der Waals surface area contributed by atoms with Gasteiger partial charge in [-0.1, -0.05) is 0 Å². The van der Waals surface area contributed by atoms with Crippen LogP contribution in [0.3, 0.4) is 0 Å². The molecule has 0 radical (unpaired) electrons. The average Bonchev–Trinajstić information content (AvgIpc) is 2.75. The van der Waals surface area contributed by atoms with E-state index in [0.29, 0.717) is 0 Å². The van der Waals surface area contributed by atoms with Crippen LogP contribution in [0.25, 0.3) is 22.3 Å². The molecule has 170 valence electrons. The molecular weight excluding hydrogens is 428 g/mol. The van der Waals surface area contributed by atoms with Gasteiger partial charge in [0.15, 0.2) is 16.9 Å². The summed E-state index contributed by atoms with van der Waals surface area (Å²) >= 11 is 0. The zero-order chi connectivity index (χ0) is 23.2. The van der Waals surface area contributed by atoms with Crippen LogP contribution in [0.2, 0.25) is 0 Å². The van der Waals surface area contributed by atoms with Crippen molar-refractivity contribution in [3.8, 4) is 34.3 Å². The first-order valence-electron chi connectivity index (χ1n) is 9.50. The predicted octanol–water partition coefficient (Wildman–Crippen LogP) is -0.245. The summed E-state index contributed by atoms with van der Waals surface area (Å²) in [5.74, 6) is -1.34. The summed E-state index contributed by atoms with van der Waals surface area (Å²) in [6.45, 7) is -0.647. The summed E-state index contributed by atoms with van der Waals surface area (Å²) in [5.41, 5.74) is -0.413. The van der Waals surface area contributed by atoms with E-state index < -0.39 is 54.2 Å². The quantitative estimate of drug-likeness (QED) is 0.261. The van der Waals surface area contributed by atoms with E-state index in [1.807, 2.05) is 0 Å². The fourth-order valence-corrected chi connectivity index (χ4v) is 3.43. The number of ether oxygens (including phenoxy) is 2. The zero-order valence-electron chi connectivity index (χ0n) is 16.3. The molecule has 0 bridgehead atoms. The number of hydrogen-bond donors (Lipinski definition) is 7. The molecular formula is C21H20O11. The Hall–Kier alpha value is -3.35. The topological polar surface area (TPSA) is 190 Å². The molecule has 1 aliphatic heterocycles. The Kier molecular flexibility index (Phi) is 5.67. The largest absolute Gasteiger partial charge is 0.507 e. The lowest BCUT2D eigenvalue weighted by atomic mass is 9.99. The van der Waals surface area contributed by atoms with Crippen molar-refractivity contribution >= 4 is 11.0 Å². The molecule has 1 aromatic heterocycles. The average molecular weight is 448 g/mol. The minimum atomic E-state index is -1.68. The Morgan fingerprint density at radius 3 is 2.31 bits per heavy atom. The third kappa shape index (κ3) is 3.83. The minimum absolute atomic E-state index is 0.0298. The van der Waals surface area contributed by atoms with E-state index in [9.17, 15) is 40.5 Å². The highest BCUT2D eigenvalue weighted by Gasteiger charge is 2.44. The molecule has 1 fully saturated rings. The Morgan fingerprint density at radius 1 is 0.875 bits per heavy atom. The van der Waals surface area contributed by atoms with Crippen molar-refractivity contribution in [1.82, 2.24) is 0 Å². The fraction of sp³-hybridized carbons (Fsp3) is 0.286. The number of benzene rings is 2. The van der Waals surface area contributed by atoms with Gasteiger partial charge in [-0.3, -0.25) is 4.79 Å². The Morgan fingerprint density at radius 2 is 1.62 bits per heavy atom. The lowest BCUT2D eigenvalue weighted by Gasteiger charge is -2.39. The normalized spacial score (nSPS) is 25.7. The van der Waals surface area contributed by atoms with Crippen LogP contribution >= 0.6 is 0 Å². The number of phenols is 3. The molecule has 3 aromatic rings. The molecule has 4 rings (SSSR count). The summed E-state index contributed by atoms with van der Waals surface area (Å²) < 4.78 is 16.4. The molecule has 32 heavy (non-hydrogen) atoms. The number of rotatable bonds is 4. The van der Waals surface area contributed by atoms with E-state index in [2.05, 4.69) is 0 Å². The smallest absolute Gasteiger partial charge is 0.229 e.